The number of hydrogen-bond acceptors (Lipinski definition) is 5. The molecule has 2 atom stereocenters. The molecule has 0 bridgehead atoms. The van der Waals surface area contributed by atoms with Crippen molar-refractivity contribution >= 4 is 32.2 Å². The molecule has 0 aromatic heterocycles. The number of ether oxygens (including phenoxy) is 1. The van der Waals surface area contributed by atoms with E-state index in [1.807, 2.05) is 47.4 Å². The van der Waals surface area contributed by atoms with Crippen LogP contribution in [0.15, 0.2) is 42.5 Å². The van der Waals surface area contributed by atoms with Crippen molar-refractivity contribution in [3.05, 3.63) is 42.5 Å². The molecular weight excluding hydrogens is 376 g/mol. The van der Waals surface area contributed by atoms with Crippen LogP contribution in [-0.4, -0.2) is 62.6 Å². The molecule has 2 aliphatic heterocycles. The Morgan fingerprint density at radius 2 is 1.96 bits per heavy atom. The summed E-state index contributed by atoms with van der Waals surface area (Å²) >= 11 is 0. The second kappa shape index (κ2) is 8.19. The van der Waals surface area contributed by atoms with Gasteiger partial charge in [-0.1, -0.05) is 36.4 Å². The molecule has 0 spiro atoms. The van der Waals surface area contributed by atoms with Crippen molar-refractivity contribution in [2.45, 2.75) is 31.4 Å². The van der Waals surface area contributed by atoms with Crippen LogP contribution in [-0.2, 0) is 19.4 Å². The van der Waals surface area contributed by atoms with Gasteiger partial charge in [-0.3, -0.25) is 9.69 Å². The van der Waals surface area contributed by atoms with Gasteiger partial charge in [0.05, 0.1) is 24.2 Å². The molecule has 1 amide bonds. The lowest BCUT2D eigenvalue weighted by Crippen LogP contribution is -2.45. The zero-order chi connectivity index (χ0) is 19.6. The number of fused-ring (bicyclic) bond motifs is 1. The molecule has 1 N–H and O–H groups in total. The van der Waals surface area contributed by atoms with E-state index in [4.69, 9.17) is 4.74 Å². The third-order valence-electron chi connectivity index (χ3n) is 5.60. The van der Waals surface area contributed by atoms with Gasteiger partial charge < -0.3 is 10.1 Å². The molecule has 28 heavy (non-hydrogen) atoms. The topological polar surface area (TPSA) is 75.7 Å². The van der Waals surface area contributed by atoms with Crippen LogP contribution in [0.2, 0.25) is 0 Å². The minimum absolute atomic E-state index is 0.0775. The summed E-state index contributed by atoms with van der Waals surface area (Å²) < 4.78 is 29.6. The Labute approximate surface area is 165 Å². The number of benzene rings is 2. The lowest BCUT2D eigenvalue weighted by molar-refractivity contribution is -0.118. The fourth-order valence-corrected chi connectivity index (χ4v) is 5.93. The van der Waals surface area contributed by atoms with Crippen LogP contribution < -0.4 is 5.32 Å². The number of nitrogens with zero attached hydrogens (tertiary/aromatic N) is 1. The van der Waals surface area contributed by atoms with Gasteiger partial charge in [-0.2, -0.15) is 0 Å². The van der Waals surface area contributed by atoms with E-state index in [-0.39, 0.29) is 36.1 Å². The molecular formula is C21H26N2O4S. The summed E-state index contributed by atoms with van der Waals surface area (Å²) in [4.78, 5) is 14.8. The summed E-state index contributed by atoms with van der Waals surface area (Å²) in [6.45, 7) is 1.51. The number of rotatable bonds is 6. The maximum Gasteiger partial charge on any atom is 0.238 e. The van der Waals surface area contributed by atoms with E-state index < -0.39 is 9.84 Å². The van der Waals surface area contributed by atoms with Gasteiger partial charge in [0, 0.05) is 30.3 Å². The smallest absolute Gasteiger partial charge is 0.238 e. The zero-order valence-corrected chi connectivity index (χ0v) is 16.7. The SMILES string of the molecule is O=C(CN(CC1CCCO1)C1CCS(=O)(=O)C1)Nc1cccc2ccccc12. The van der Waals surface area contributed by atoms with Gasteiger partial charge in [0.1, 0.15) is 0 Å². The van der Waals surface area contributed by atoms with Gasteiger partial charge in [-0.25, -0.2) is 8.42 Å². The number of hydrogen-bond donors (Lipinski definition) is 1. The van der Waals surface area contributed by atoms with E-state index in [9.17, 15) is 13.2 Å². The summed E-state index contributed by atoms with van der Waals surface area (Å²) in [5.74, 6) is 0.199. The Bertz CT molecular complexity index is 949. The Kier molecular flexibility index (Phi) is 5.66. The average molecular weight is 403 g/mol. The third kappa shape index (κ3) is 4.54. The van der Waals surface area contributed by atoms with E-state index >= 15 is 0 Å². The van der Waals surface area contributed by atoms with E-state index in [1.54, 1.807) is 0 Å². The fraction of sp³-hybridized carbons (Fsp3) is 0.476. The largest absolute Gasteiger partial charge is 0.377 e. The van der Waals surface area contributed by atoms with E-state index in [0.29, 0.717) is 13.0 Å². The summed E-state index contributed by atoms with van der Waals surface area (Å²) in [6, 6.07) is 13.6. The van der Waals surface area contributed by atoms with Crippen LogP contribution in [0.4, 0.5) is 5.69 Å². The van der Waals surface area contributed by atoms with Crippen LogP contribution in [0.25, 0.3) is 10.8 Å². The fourth-order valence-electron chi connectivity index (χ4n) is 4.16. The highest BCUT2D eigenvalue weighted by Crippen LogP contribution is 2.24. The summed E-state index contributed by atoms with van der Waals surface area (Å²) in [5, 5.41) is 5.07. The van der Waals surface area contributed by atoms with Crippen LogP contribution >= 0.6 is 0 Å². The highest BCUT2D eigenvalue weighted by molar-refractivity contribution is 7.91. The van der Waals surface area contributed by atoms with Gasteiger partial charge in [-0.05, 0) is 30.7 Å². The second-order valence-electron chi connectivity index (χ2n) is 7.70. The van der Waals surface area contributed by atoms with Crippen LogP contribution in [0.1, 0.15) is 19.3 Å². The van der Waals surface area contributed by atoms with Gasteiger partial charge >= 0.3 is 0 Å². The predicted octanol–water partition coefficient (Wildman–Crippen LogP) is 2.45. The third-order valence-corrected chi connectivity index (χ3v) is 7.35. The van der Waals surface area contributed by atoms with Crippen molar-refractivity contribution in [2.75, 3.05) is 36.5 Å². The molecule has 2 fully saturated rings. The predicted molar refractivity (Wildman–Crippen MR) is 110 cm³/mol. The molecule has 2 heterocycles. The van der Waals surface area contributed by atoms with Crippen molar-refractivity contribution in [2.24, 2.45) is 0 Å². The average Bonchev–Trinajstić information content (AvgIpc) is 3.30. The molecule has 7 heteroatoms. The van der Waals surface area contributed by atoms with Crippen molar-refractivity contribution in [3.63, 3.8) is 0 Å². The van der Waals surface area contributed by atoms with Crippen molar-refractivity contribution in [1.82, 2.24) is 4.90 Å². The summed E-state index contributed by atoms with van der Waals surface area (Å²) in [7, 11) is -3.01. The van der Waals surface area contributed by atoms with E-state index in [1.165, 1.54) is 0 Å². The van der Waals surface area contributed by atoms with Crippen LogP contribution in [0, 0.1) is 0 Å². The van der Waals surface area contributed by atoms with Crippen molar-refractivity contribution in [3.8, 4) is 0 Å². The Balaban J connectivity index is 1.48. The van der Waals surface area contributed by atoms with Crippen LogP contribution in [0.5, 0.6) is 0 Å². The maximum absolute atomic E-state index is 12.8. The first-order valence-electron chi connectivity index (χ1n) is 9.84. The number of carbonyl (C=O) groups excluding carboxylic acids is 1. The van der Waals surface area contributed by atoms with Crippen LogP contribution in [0.3, 0.4) is 0 Å². The molecule has 4 rings (SSSR count). The molecule has 2 unspecified atom stereocenters. The molecule has 0 saturated carbocycles. The number of sulfone groups is 1. The molecule has 0 radical (unpaired) electrons. The summed E-state index contributed by atoms with van der Waals surface area (Å²) in [6.07, 6.45) is 2.63. The molecule has 150 valence electrons. The maximum atomic E-state index is 12.8. The van der Waals surface area contributed by atoms with Gasteiger partial charge in [-0.15, -0.1) is 0 Å². The monoisotopic (exact) mass is 402 g/mol. The zero-order valence-electron chi connectivity index (χ0n) is 15.8. The molecule has 2 aliphatic rings. The van der Waals surface area contributed by atoms with Gasteiger partial charge in [0.25, 0.3) is 0 Å². The van der Waals surface area contributed by atoms with E-state index in [0.717, 1.165) is 35.9 Å². The number of carbonyl (C=O) groups is 1. The highest BCUT2D eigenvalue weighted by Gasteiger charge is 2.34. The van der Waals surface area contributed by atoms with E-state index in [2.05, 4.69) is 5.32 Å². The highest BCUT2D eigenvalue weighted by atomic mass is 32.2. The Hall–Kier alpha value is -1.96. The Morgan fingerprint density at radius 3 is 2.71 bits per heavy atom. The first kappa shape index (κ1) is 19.4. The lowest BCUT2D eigenvalue weighted by atomic mass is 10.1. The number of nitrogens with one attached hydrogen (secondary N) is 1. The number of anilines is 1. The molecule has 2 aromatic carbocycles. The van der Waals surface area contributed by atoms with Gasteiger partial charge in [0.15, 0.2) is 9.84 Å². The number of amides is 1. The molecule has 6 nitrogen and oxygen atoms in total. The van der Waals surface area contributed by atoms with Gasteiger partial charge in [0.2, 0.25) is 5.91 Å². The normalized spacial score (nSPS) is 24.0. The molecule has 2 saturated heterocycles. The van der Waals surface area contributed by atoms with Crippen molar-refractivity contribution in [1.29, 1.82) is 0 Å². The molecule has 0 aliphatic carbocycles. The first-order chi connectivity index (χ1) is 13.5. The lowest BCUT2D eigenvalue weighted by Gasteiger charge is -2.29. The minimum Gasteiger partial charge on any atom is -0.377 e. The standard InChI is InChI=1S/C21H26N2O4S/c24-21(22-20-9-3-6-16-5-1-2-8-19(16)20)14-23(13-18-7-4-11-27-18)17-10-12-28(25,26)15-17/h1-3,5-6,8-9,17-18H,4,7,10-15H2,(H,22,24). The first-order valence-corrected chi connectivity index (χ1v) is 11.7. The quantitative estimate of drug-likeness (QED) is 0.803. The Morgan fingerprint density at radius 1 is 1.14 bits per heavy atom. The molecule has 2 aromatic rings. The van der Waals surface area contributed by atoms with Crippen molar-refractivity contribution < 1.29 is 17.9 Å². The second-order valence-corrected chi connectivity index (χ2v) is 9.92. The summed E-state index contributed by atoms with van der Waals surface area (Å²) in [5.41, 5.74) is 0.777. The minimum atomic E-state index is -3.01.